The van der Waals surface area contributed by atoms with E-state index in [0.717, 1.165) is 5.82 Å². The summed E-state index contributed by atoms with van der Waals surface area (Å²) in [5, 5.41) is 3.29. The van der Waals surface area contributed by atoms with E-state index in [-0.39, 0.29) is 35.7 Å². The Labute approximate surface area is 180 Å². The number of carbonyl (C=O) groups excluding carboxylic acids is 1. The molecular formula is C22H23ClF2N4O. The number of nitrogens with zero attached hydrogens (tertiary/aromatic N) is 3. The zero-order valence-corrected chi connectivity index (χ0v) is 17.5. The van der Waals surface area contributed by atoms with Crippen molar-refractivity contribution in [1.82, 2.24) is 19.8 Å². The molecule has 3 aromatic rings. The highest BCUT2D eigenvalue weighted by molar-refractivity contribution is 5.95. The first kappa shape index (κ1) is 21.9. The second-order valence-electron chi connectivity index (χ2n) is 7.27. The van der Waals surface area contributed by atoms with Gasteiger partial charge in [0.15, 0.2) is 0 Å². The molecular weight excluding hydrogens is 410 g/mol. The molecule has 1 aliphatic rings. The van der Waals surface area contributed by atoms with Crippen molar-refractivity contribution in [1.29, 1.82) is 0 Å². The fourth-order valence-electron chi connectivity index (χ4n) is 3.84. The summed E-state index contributed by atoms with van der Waals surface area (Å²) < 4.78 is 30.1. The van der Waals surface area contributed by atoms with Gasteiger partial charge in [-0.15, -0.1) is 12.4 Å². The monoisotopic (exact) mass is 432 g/mol. The predicted octanol–water partition coefficient (Wildman–Crippen LogP) is 3.88. The predicted molar refractivity (Wildman–Crippen MR) is 114 cm³/mol. The first-order valence-corrected chi connectivity index (χ1v) is 9.50. The van der Waals surface area contributed by atoms with Crippen molar-refractivity contribution in [3.63, 3.8) is 0 Å². The molecule has 30 heavy (non-hydrogen) atoms. The Bertz CT molecular complexity index is 1070. The van der Waals surface area contributed by atoms with E-state index in [2.05, 4.69) is 10.3 Å². The molecule has 2 heterocycles. The number of benzene rings is 2. The smallest absolute Gasteiger partial charge is 0.254 e. The summed E-state index contributed by atoms with van der Waals surface area (Å²) in [6.07, 6.45) is 3.54. The minimum absolute atomic E-state index is 0. The van der Waals surface area contributed by atoms with Gasteiger partial charge in [0, 0.05) is 50.2 Å². The van der Waals surface area contributed by atoms with Crippen LogP contribution in [-0.4, -0.2) is 40.0 Å². The minimum Gasteiger partial charge on any atom is -0.336 e. The van der Waals surface area contributed by atoms with Crippen molar-refractivity contribution in [2.45, 2.75) is 13.0 Å². The van der Waals surface area contributed by atoms with E-state index in [1.807, 2.05) is 17.8 Å². The van der Waals surface area contributed by atoms with Crippen LogP contribution in [0.15, 0.2) is 48.8 Å². The van der Waals surface area contributed by atoms with Gasteiger partial charge in [-0.1, -0.05) is 12.1 Å². The van der Waals surface area contributed by atoms with Gasteiger partial charge in [-0.3, -0.25) is 4.79 Å². The summed E-state index contributed by atoms with van der Waals surface area (Å²) in [4.78, 5) is 19.3. The average Bonchev–Trinajstić information content (AvgIpc) is 3.14. The highest BCUT2D eigenvalue weighted by Crippen LogP contribution is 2.29. The van der Waals surface area contributed by atoms with Crippen molar-refractivity contribution < 1.29 is 13.6 Å². The number of rotatable bonds is 3. The number of halogens is 3. The van der Waals surface area contributed by atoms with Crippen molar-refractivity contribution in [3.05, 3.63) is 77.4 Å². The Morgan fingerprint density at radius 1 is 1.17 bits per heavy atom. The van der Waals surface area contributed by atoms with Gasteiger partial charge in [-0.2, -0.15) is 0 Å². The molecule has 158 valence electrons. The number of carbonyl (C=O) groups is 1. The topological polar surface area (TPSA) is 50.2 Å². The molecule has 1 fully saturated rings. The molecule has 1 aliphatic heterocycles. The summed E-state index contributed by atoms with van der Waals surface area (Å²) in [6, 6.07) is 8.47. The fraction of sp³-hybridized carbons (Fsp3) is 0.273. The number of hydrogen-bond acceptors (Lipinski definition) is 3. The molecule has 8 heteroatoms. The van der Waals surface area contributed by atoms with Gasteiger partial charge in [-0.25, -0.2) is 13.8 Å². The van der Waals surface area contributed by atoms with Crippen LogP contribution < -0.4 is 5.32 Å². The van der Waals surface area contributed by atoms with E-state index in [1.54, 1.807) is 36.2 Å². The normalized spacial score (nSPS) is 16.3. The summed E-state index contributed by atoms with van der Waals surface area (Å²) in [5.41, 5.74) is 1.88. The van der Waals surface area contributed by atoms with Crippen molar-refractivity contribution in [2.75, 3.05) is 19.6 Å². The van der Waals surface area contributed by atoms with Crippen LogP contribution in [0.1, 0.15) is 27.8 Å². The number of nitrogens with one attached hydrogen (secondary N) is 1. The van der Waals surface area contributed by atoms with Crippen LogP contribution in [0.4, 0.5) is 8.78 Å². The molecule has 1 N–H and O–H groups in total. The minimum atomic E-state index is -0.505. The molecule has 0 radical (unpaired) electrons. The number of amides is 1. The molecule has 1 atom stereocenters. The standard InChI is InChI=1S/C22H22F2N4O.ClH/c1-14-11-16(23)4-6-17(14)18-5-3-15(12-19(18)24)22(29)28-10-7-25-13-20(28)21-26-8-9-27(21)2;/h3-6,8-9,11-12,20,25H,7,10,13H2,1-2H3;1H. The Hall–Kier alpha value is -2.77. The van der Waals surface area contributed by atoms with Crippen LogP contribution in [0.25, 0.3) is 11.1 Å². The van der Waals surface area contributed by atoms with Crippen molar-refractivity contribution >= 4 is 18.3 Å². The molecule has 0 bridgehead atoms. The number of imidazole rings is 1. The maximum atomic E-state index is 14.9. The molecule has 5 nitrogen and oxygen atoms in total. The number of aryl methyl sites for hydroxylation is 2. The molecule has 4 rings (SSSR count). The van der Waals surface area contributed by atoms with Crippen molar-refractivity contribution in [3.8, 4) is 11.1 Å². The third-order valence-electron chi connectivity index (χ3n) is 5.36. The second kappa shape index (κ2) is 8.93. The zero-order valence-electron chi connectivity index (χ0n) is 16.7. The molecule has 1 aromatic heterocycles. The molecule has 0 saturated carbocycles. The van der Waals surface area contributed by atoms with E-state index in [1.165, 1.54) is 18.2 Å². The summed E-state index contributed by atoms with van der Waals surface area (Å²) in [6.45, 7) is 3.50. The lowest BCUT2D eigenvalue weighted by molar-refractivity contribution is 0.0620. The Balaban J connectivity index is 0.00000256. The lowest BCUT2D eigenvalue weighted by Crippen LogP contribution is -2.49. The van der Waals surface area contributed by atoms with Crippen LogP contribution in [-0.2, 0) is 7.05 Å². The van der Waals surface area contributed by atoms with Gasteiger partial charge in [0.05, 0.1) is 0 Å². The van der Waals surface area contributed by atoms with Gasteiger partial charge in [0.25, 0.3) is 5.91 Å². The Morgan fingerprint density at radius 2 is 1.93 bits per heavy atom. The van der Waals surface area contributed by atoms with E-state index >= 15 is 0 Å². The fourth-order valence-corrected chi connectivity index (χ4v) is 3.84. The first-order valence-electron chi connectivity index (χ1n) is 9.50. The summed E-state index contributed by atoms with van der Waals surface area (Å²) in [5.74, 6) is -0.322. The maximum absolute atomic E-state index is 14.9. The largest absolute Gasteiger partial charge is 0.336 e. The molecule has 2 aromatic carbocycles. The van der Waals surface area contributed by atoms with E-state index in [4.69, 9.17) is 0 Å². The van der Waals surface area contributed by atoms with Crippen LogP contribution in [0.5, 0.6) is 0 Å². The van der Waals surface area contributed by atoms with E-state index < -0.39 is 5.82 Å². The van der Waals surface area contributed by atoms with Crippen molar-refractivity contribution in [2.24, 2.45) is 7.05 Å². The van der Waals surface area contributed by atoms with Crippen LogP contribution in [0.3, 0.4) is 0 Å². The third-order valence-corrected chi connectivity index (χ3v) is 5.36. The van der Waals surface area contributed by atoms with Gasteiger partial charge < -0.3 is 14.8 Å². The second-order valence-corrected chi connectivity index (χ2v) is 7.27. The van der Waals surface area contributed by atoms with E-state index in [0.29, 0.717) is 36.3 Å². The van der Waals surface area contributed by atoms with Gasteiger partial charge in [0.1, 0.15) is 23.5 Å². The average molecular weight is 433 g/mol. The Morgan fingerprint density at radius 3 is 2.60 bits per heavy atom. The zero-order chi connectivity index (χ0) is 20.5. The Kier molecular flexibility index (Phi) is 6.53. The highest BCUT2D eigenvalue weighted by Gasteiger charge is 2.31. The maximum Gasteiger partial charge on any atom is 0.254 e. The third kappa shape index (κ3) is 4.08. The lowest BCUT2D eigenvalue weighted by atomic mass is 9.98. The number of hydrogen-bond donors (Lipinski definition) is 1. The van der Waals surface area contributed by atoms with Gasteiger partial charge >= 0.3 is 0 Å². The molecule has 1 unspecified atom stereocenters. The van der Waals surface area contributed by atoms with Crippen LogP contribution >= 0.6 is 12.4 Å². The van der Waals surface area contributed by atoms with Gasteiger partial charge in [-0.05, 0) is 42.3 Å². The van der Waals surface area contributed by atoms with E-state index in [9.17, 15) is 13.6 Å². The first-order chi connectivity index (χ1) is 14.0. The van der Waals surface area contributed by atoms with Crippen LogP contribution in [0.2, 0.25) is 0 Å². The highest BCUT2D eigenvalue weighted by atomic mass is 35.5. The lowest BCUT2D eigenvalue weighted by Gasteiger charge is -2.35. The molecule has 0 aliphatic carbocycles. The SMILES string of the molecule is Cc1cc(F)ccc1-c1ccc(C(=O)N2CCNCC2c2nccn2C)cc1F.Cl. The quantitative estimate of drug-likeness (QED) is 0.683. The molecule has 0 spiro atoms. The number of piperazine rings is 1. The molecule has 1 saturated heterocycles. The summed E-state index contributed by atoms with van der Waals surface area (Å²) in [7, 11) is 1.89. The van der Waals surface area contributed by atoms with Gasteiger partial charge in [0.2, 0.25) is 0 Å². The van der Waals surface area contributed by atoms with Crippen LogP contribution in [0, 0.1) is 18.6 Å². The summed E-state index contributed by atoms with van der Waals surface area (Å²) >= 11 is 0. The molecule has 1 amide bonds. The number of aromatic nitrogens is 2.